The summed E-state index contributed by atoms with van der Waals surface area (Å²) in [6.45, 7) is 6.88. The second-order valence-electron chi connectivity index (χ2n) is 7.73. The monoisotopic (exact) mass is 434 g/mol. The summed E-state index contributed by atoms with van der Waals surface area (Å²) >= 11 is 1.15. The molecule has 2 rings (SSSR count). The summed E-state index contributed by atoms with van der Waals surface area (Å²) in [4.78, 5) is 37.6. The minimum atomic E-state index is -1.06. The lowest BCUT2D eigenvalue weighted by atomic mass is 9.91. The second kappa shape index (κ2) is 9.84. The summed E-state index contributed by atoms with van der Waals surface area (Å²) < 4.78 is 26.4. The molecule has 0 heterocycles. The minimum Gasteiger partial charge on any atom is -0.345 e. The van der Waals surface area contributed by atoms with E-state index < -0.39 is 34.1 Å². The van der Waals surface area contributed by atoms with E-state index >= 15 is 0 Å². The van der Waals surface area contributed by atoms with Gasteiger partial charge in [0.2, 0.25) is 5.91 Å². The first-order chi connectivity index (χ1) is 14.0. The molecule has 2 N–H and O–H groups in total. The summed E-state index contributed by atoms with van der Waals surface area (Å²) in [7, 11) is 0. The zero-order chi connectivity index (χ0) is 22.5. The maximum atomic E-state index is 13.3. The molecule has 2 aromatic rings. The first kappa shape index (κ1) is 23.5. The van der Waals surface area contributed by atoms with E-state index in [-0.39, 0.29) is 18.0 Å². The molecule has 0 radical (unpaired) electrons. The molecular weight excluding hydrogens is 410 g/mol. The molecule has 0 aliphatic carbocycles. The summed E-state index contributed by atoms with van der Waals surface area (Å²) in [6, 6.07) is 9.84. The minimum absolute atomic E-state index is 0.0898. The highest BCUT2D eigenvalue weighted by atomic mass is 32.2. The Hall–Kier alpha value is -2.74. The van der Waals surface area contributed by atoms with Crippen molar-refractivity contribution in [1.82, 2.24) is 5.32 Å². The van der Waals surface area contributed by atoms with Gasteiger partial charge in [0.1, 0.15) is 0 Å². The van der Waals surface area contributed by atoms with Gasteiger partial charge in [-0.25, -0.2) is 8.78 Å². The van der Waals surface area contributed by atoms with Crippen LogP contribution in [0, 0.1) is 17.0 Å². The zero-order valence-corrected chi connectivity index (χ0v) is 18.0. The Kier molecular flexibility index (Phi) is 7.72. The first-order valence-corrected chi connectivity index (χ1v) is 10.2. The number of carbonyl (C=O) groups is 3. The van der Waals surface area contributed by atoms with Gasteiger partial charge in [-0.1, -0.05) is 32.9 Å². The summed E-state index contributed by atoms with van der Waals surface area (Å²) in [5, 5.41) is 4.52. The molecule has 0 fully saturated rings. The molecule has 0 saturated heterocycles. The van der Waals surface area contributed by atoms with Crippen molar-refractivity contribution in [1.29, 1.82) is 0 Å². The van der Waals surface area contributed by atoms with Crippen molar-refractivity contribution in [3.05, 3.63) is 59.7 Å². The van der Waals surface area contributed by atoms with Crippen molar-refractivity contribution < 1.29 is 23.2 Å². The fourth-order valence-electron chi connectivity index (χ4n) is 2.34. The highest BCUT2D eigenvalue weighted by molar-refractivity contribution is 8.00. The van der Waals surface area contributed by atoms with Gasteiger partial charge in [0.15, 0.2) is 17.4 Å². The van der Waals surface area contributed by atoms with Gasteiger partial charge in [-0.3, -0.25) is 14.4 Å². The van der Waals surface area contributed by atoms with E-state index in [0.29, 0.717) is 10.5 Å². The first-order valence-electron chi connectivity index (χ1n) is 9.32. The van der Waals surface area contributed by atoms with Gasteiger partial charge < -0.3 is 10.6 Å². The molecule has 1 atom stereocenters. The highest BCUT2D eigenvalue weighted by Gasteiger charge is 2.23. The van der Waals surface area contributed by atoms with Crippen molar-refractivity contribution in [2.45, 2.75) is 37.8 Å². The molecular formula is C22H24F2N2O3S. The average molecular weight is 435 g/mol. The Morgan fingerprint density at radius 3 is 2.33 bits per heavy atom. The van der Waals surface area contributed by atoms with Crippen LogP contribution in [0.5, 0.6) is 0 Å². The van der Waals surface area contributed by atoms with Gasteiger partial charge in [-0.15, -0.1) is 11.8 Å². The fraction of sp³-hybridized carbons (Fsp3) is 0.318. The van der Waals surface area contributed by atoms with Gasteiger partial charge in [-0.2, -0.15) is 0 Å². The lowest BCUT2D eigenvalue weighted by Gasteiger charge is -2.18. The van der Waals surface area contributed by atoms with Crippen molar-refractivity contribution in [2.24, 2.45) is 5.41 Å². The Morgan fingerprint density at radius 1 is 1.03 bits per heavy atom. The van der Waals surface area contributed by atoms with Crippen LogP contribution < -0.4 is 10.6 Å². The van der Waals surface area contributed by atoms with Gasteiger partial charge in [0.25, 0.3) is 5.91 Å². The zero-order valence-electron chi connectivity index (χ0n) is 17.2. The third-order valence-electron chi connectivity index (χ3n) is 4.24. The Balaban J connectivity index is 2.05. The van der Waals surface area contributed by atoms with E-state index in [9.17, 15) is 23.2 Å². The summed E-state index contributed by atoms with van der Waals surface area (Å²) in [5.41, 5.74) is -0.0803. The molecule has 2 amide bonds. The Labute approximate surface area is 178 Å². The number of benzene rings is 2. The van der Waals surface area contributed by atoms with Crippen LogP contribution in [0.3, 0.4) is 0 Å². The molecule has 0 aliphatic heterocycles. The van der Waals surface area contributed by atoms with E-state index in [0.717, 1.165) is 23.9 Å². The number of hydrogen-bond donors (Lipinski definition) is 2. The largest absolute Gasteiger partial charge is 0.345 e. The molecule has 2 aromatic carbocycles. The SMILES string of the molecule is CC(Sc1ccccc1C(=O)NCC(=O)C(C)(C)C)C(=O)Nc1ccc(F)c(F)c1. The third-order valence-corrected chi connectivity index (χ3v) is 5.42. The van der Waals surface area contributed by atoms with E-state index in [4.69, 9.17) is 0 Å². The van der Waals surface area contributed by atoms with Crippen LogP contribution in [-0.4, -0.2) is 29.4 Å². The van der Waals surface area contributed by atoms with Gasteiger partial charge >= 0.3 is 0 Å². The molecule has 8 heteroatoms. The number of nitrogens with one attached hydrogen (secondary N) is 2. The molecule has 30 heavy (non-hydrogen) atoms. The molecule has 160 valence electrons. The van der Waals surface area contributed by atoms with Crippen LogP contribution in [0.4, 0.5) is 14.5 Å². The van der Waals surface area contributed by atoms with Crippen molar-refractivity contribution in [3.8, 4) is 0 Å². The van der Waals surface area contributed by atoms with E-state index in [1.807, 2.05) is 0 Å². The summed E-state index contributed by atoms with van der Waals surface area (Å²) in [5.74, 6) is -2.99. The van der Waals surface area contributed by atoms with Gasteiger partial charge in [-0.05, 0) is 31.2 Å². The molecule has 0 aliphatic rings. The number of thioether (sulfide) groups is 1. The number of amides is 2. The van der Waals surface area contributed by atoms with Crippen LogP contribution in [0.25, 0.3) is 0 Å². The Bertz CT molecular complexity index is 958. The Morgan fingerprint density at radius 2 is 1.70 bits per heavy atom. The van der Waals surface area contributed by atoms with E-state index in [1.54, 1.807) is 52.0 Å². The topological polar surface area (TPSA) is 75.3 Å². The number of rotatable bonds is 7. The second-order valence-corrected chi connectivity index (χ2v) is 9.11. The molecule has 0 aromatic heterocycles. The quantitative estimate of drug-likeness (QED) is 0.633. The summed E-state index contributed by atoms with van der Waals surface area (Å²) in [6.07, 6.45) is 0. The van der Waals surface area contributed by atoms with Crippen LogP contribution in [-0.2, 0) is 9.59 Å². The smallest absolute Gasteiger partial charge is 0.252 e. The maximum absolute atomic E-state index is 13.3. The van der Waals surface area contributed by atoms with Crippen molar-refractivity contribution >= 4 is 35.0 Å². The standard InChI is InChI=1S/C22H24F2N2O3S/c1-13(20(28)26-14-9-10-16(23)17(24)11-14)30-18-8-6-5-7-15(18)21(29)25-12-19(27)22(2,3)4/h5-11,13H,12H2,1-4H3,(H,25,29)(H,26,28). The number of anilines is 1. The van der Waals surface area contributed by atoms with Crippen LogP contribution >= 0.6 is 11.8 Å². The van der Waals surface area contributed by atoms with Gasteiger partial charge in [0, 0.05) is 22.1 Å². The highest BCUT2D eigenvalue weighted by Crippen LogP contribution is 2.28. The molecule has 0 saturated carbocycles. The predicted octanol–water partition coefficient (Wildman–Crippen LogP) is 4.43. The molecule has 5 nitrogen and oxygen atoms in total. The lowest BCUT2D eigenvalue weighted by molar-refractivity contribution is -0.125. The number of Topliss-reactive ketones (excluding diaryl/α,β-unsaturated/α-hetero) is 1. The van der Waals surface area contributed by atoms with Crippen molar-refractivity contribution in [2.75, 3.05) is 11.9 Å². The van der Waals surface area contributed by atoms with Gasteiger partial charge in [0.05, 0.1) is 17.4 Å². The average Bonchev–Trinajstić information content (AvgIpc) is 2.68. The number of hydrogen-bond acceptors (Lipinski definition) is 4. The van der Waals surface area contributed by atoms with Crippen LogP contribution in [0.15, 0.2) is 47.4 Å². The molecule has 0 bridgehead atoms. The maximum Gasteiger partial charge on any atom is 0.252 e. The lowest BCUT2D eigenvalue weighted by Crippen LogP contribution is -2.35. The number of ketones is 1. The molecule has 0 spiro atoms. The van der Waals surface area contributed by atoms with Crippen LogP contribution in [0.1, 0.15) is 38.1 Å². The normalized spacial score (nSPS) is 12.2. The molecule has 1 unspecified atom stereocenters. The van der Waals surface area contributed by atoms with Crippen molar-refractivity contribution in [3.63, 3.8) is 0 Å². The number of halogens is 2. The van der Waals surface area contributed by atoms with E-state index in [1.165, 1.54) is 6.07 Å². The predicted molar refractivity (Wildman–Crippen MR) is 114 cm³/mol. The number of carbonyl (C=O) groups excluding carboxylic acids is 3. The van der Waals surface area contributed by atoms with Crippen LogP contribution in [0.2, 0.25) is 0 Å². The van der Waals surface area contributed by atoms with E-state index in [2.05, 4.69) is 10.6 Å². The third kappa shape index (κ3) is 6.38. The fourth-order valence-corrected chi connectivity index (χ4v) is 3.33.